The molecule has 2 rings (SSSR count). The Bertz CT molecular complexity index is 1280. The molecular weight excluding hydrogens is 696 g/mol. The molecule has 7 amide bonds. The Hall–Kier alpha value is -4.44. The molecule has 2 aliphatic carbocycles. The van der Waals surface area contributed by atoms with Crippen molar-refractivity contribution in [3.8, 4) is 0 Å². The summed E-state index contributed by atoms with van der Waals surface area (Å²) in [6, 6.07) is -5.16. The number of aliphatic imine (C=N–C) groups is 1. The zero-order valence-corrected chi connectivity index (χ0v) is 32.3. The fourth-order valence-corrected chi connectivity index (χ4v) is 7.33. The molecule has 5 unspecified atom stereocenters. The minimum Gasteiger partial charge on any atom is -0.370 e. The van der Waals surface area contributed by atoms with Gasteiger partial charge in [0.15, 0.2) is 5.96 Å². The predicted molar refractivity (Wildman–Crippen MR) is 205 cm³/mol. The van der Waals surface area contributed by atoms with E-state index in [1.165, 1.54) is 6.92 Å². The summed E-state index contributed by atoms with van der Waals surface area (Å²) < 4.78 is 0. The molecule has 306 valence electrons. The van der Waals surface area contributed by atoms with Crippen LogP contribution in [0.25, 0.3) is 0 Å². The molecule has 5 atom stereocenters. The highest BCUT2D eigenvalue weighted by Crippen LogP contribution is 2.29. The Kier molecular flexibility index (Phi) is 21.0. The van der Waals surface area contributed by atoms with E-state index in [0.717, 1.165) is 70.6 Å². The fraction of sp³-hybridized carbons (Fsp3) is 0.784. The van der Waals surface area contributed by atoms with Gasteiger partial charge in [-0.05, 0) is 50.4 Å². The zero-order chi connectivity index (χ0) is 40.0. The van der Waals surface area contributed by atoms with E-state index >= 15 is 0 Å². The summed E-state index contributed by atoms with van der Waals surface area (Å²) in [6.45, 7) is 3.51. The Morgan fingerprint density at radius 3 is 1.43 bits per heavy atom. The van der Waals surface area contributed by atoms with E-state index in [1.807, 2.05) is 6.92 Å². The van der Waals surface area contributed by atoms with Gasteiger partial charge in [-0.3, -0.25) is 38.6 Å². The summed E-state index contributed by atoms with van der Waals surface area (Å²) in [5.41, 5.74) is 21.6. The van der Waals surface area contributed by atoms with Gasteiger partial charge >= 0.3 is 0 Å². The molecule has 0 aromatic heterocycles. The van der Waals surface area contributed by atoms with Gasteiger partial charge in [-0.15, -0.1) is 0 Å². The van der Waals surface area contributed by atoms with E-state index in [1.54, 1.807) is 0 Å². The third-order valence-electron chi connectivity index (χ3n) is 10.3. The molecule has 17 nitrogen and oxygen atoms in total. The SMILES string of the molecule is CCCCC(NC(=O)C(CC1CCCCC1)NC(=O)C(CCCN=C(N)N)NC(C)=O)C(=O)NC(CC1CCCCC1)C(=O)NC(CCC(N)=O)C(N)=O. The first-order valence-electron chi connectivity index (χ1n) is 19.8. The van der Waals surface area contributed by atoms with Crippen molar-refractivity contribution in [3.05, 3.63) is 0 Å². The smallest absolute Gasteiger partial charge is 0.243 e. The van der Waals surface area contributed by atoms with Gasteiger partial charge in [0.25, 0.3) is 0 Å². The van der Waals surface area contributed by atoms with Crippen molar-refractivity contribution < 1.29 is 33.6 Å². The second-order valence-electron chi connectivity index (χ2n) is 15.0. The van der Waals surface area contributed by atoms with Crippen molar-refractivity contribution in [1.82, 2.24) is 26.6 Å². The minimum absolute atomic E-state index is 0.0805. The largest absolute Gasteiger partial charge is 0.370 e. The molecule has 0 bridgehead atoms. The Morgan fingerprint density at radius 2 is 1.00 bits per heavy atom. The maximum absolute atomic E-state index is 14.1. The monoisotopic (exact) mass is 763 g/mol. The number of carbonyl (C=O) groups excluding carboxylic acids is 7. The summed E-state index contributed by atoms with van der Waals surface area (Å²) in [4.78, 5) is 94.9. The topological polar surface area (TPSA) is 296 Å². The highest BCUT2D eigenvalue weighted by Gasteiger charge is 2.34. The fourth-order valence-electron chi connectivity index (χ4n) is 7.33. The summed E-state index contributed by atoms with van der Waals surface area (Å²) in [6.07, 6.45) is 12.4. The average Bonchev–Trinajstić information content (AvgIpc) is 3.12. The molecule has 2 aliphatic rings. The summed E-state index contributed by atoms with van der Waals surface area (Å²) in [5.74, 6) is -3.92. The van der Waals surface area contributed by atoms with Gasteiger partial charge in [0, 0.05) is 19.9 Å². The molecule has 0 radical (unpaired) electrons. The summed E-state index contributed by atoms with van der Waals surface area (Å²) in [7, 11) is 0. The van der Waals surface area contributed by atoms with Crippen molar-refractivity contribution in [1.29, 1.82) is 0 Å². The van der Waals surface area contributed by atoms with Crippen LogP contribution in [0.15, 0.2) is 4.99 Å². The lowest BCUT2D eigenvalue weighted by atomic mass is 9.84. The maximum atomic E-state index is 14.1. The van der Waals surface area contributed by atoms with Crippen LogP contribution in [-0.4, -0.2) is 84.1 Å². The molecule has 54 heavy (non-hydrogen) atoms. The lowest BCUT2D eigenvalue weighted by molar-refractivity contribution is -0.135. The molecular formula is C37H66N10O7. The van der Waals surface area contributed by atoms with Crippen molar-refractivity contribution in [2.45, 2.75) is 166 Å². The van der Waals surface area contributed by atoms with E-state index in [0.29, 0.717) is 25.7 Å². The van der Waals surface area contributed by atoms with Gasteiger partial charge in [-0.2, -0.15) is 0 Å². The van der Waals surface area contributed by atoms with Gasteiger partial charge in [-0.25, -0.2) is 0 Å². The van der Waals surface area contributed by atoms with Crippen LogP contribution >= 0.6 is 0 Å². The number of amides is 7. The molecule has 13 N–H and O–H groups in total. The molecule has 17 heteroatoms. The third-order valence-corrected chi connectivity index (χ3v) is 10.3. The van der Waals surface area contributed by atoms with E-state index in [9.17, 15) is 33.6 Å². The second-order valence-corrected chi connectivity index (χ2v) is 15.0. The molecule has 0 spiro atoms. The first kappa shape index (κ1) is 45.7. The van der Waals surface area contributed by atoms with Crippen LogP contribution in [0, 0.1) is 11.8 Å². The van der Waals surface area contributed by atoms with Crippen LogP contribution in [0.3, 0.4) is 0 Å². The van der Waals surface area contributed by atoms with Gasteiger partial charge in [0.05, 0.1) is 0 Å². The van der Waals surface area contributed by atoms with Crippen molar-refractivity contribution in [2.24, 2.45) is 39.8 Å². The summed E-state index contributed by atoms with van der Waals surface area (Å²) in [5, 5.41) is 13.8. The molecule has 0 aliphatic heterocycles. The number of primary amides is 2. The molecule has 2 fully saturated rings. The lowest BCUT2D eigenvalue weighted by Crippen LogP contribution is -2.59. The van der Waals surface area contributed by atoms with Gasteiger partial charge in [0.1, 0.15) is 30.2 Å². The number of nitrogens with one attached hydrogen (secondary N) is 5. The van der Waals surface area contributed by atoms with Gasteiger partial charge in [0.2, 0.25) is 41.4 Å². The van der Waals surface area contributed by atoms with Crippen molar-refractivity contribution >= 4 is 47.3 Å². The normalized spacial score (nSPS) is 17.7. The number of carbonyl (C=O) groups is 7. The Morgan fingerprint density at radius 1 is 0.574 bits per heavy atom. The van der Waals surface area contributed by atoms with E-state index in [-0.39, 0.29) is 50.0 Å². The first-order chi connectivity index (χ1) is 25.7. The van der Waals surface area contributed by atoms with Gasteiger partial charge in [-0.1, -0.05) is 84.0 Å². The van der Waals surface area contributed by atoms with Crippen LogP contribution in [-0.2, 0) is 33.6 Å². The number of rotatable bonds is 24. The lowest BCUT2D eigenvalue weighted by Gasteiger charge is -2.31. The van der Waals surface area contributed by atoms with Crippen molar-refractivity contribution in [2.75, 3.05) is 6.54 Å². The van der Waals surface area contributed by atoms with Crippen LogP contribution in [0.4, 0.5) is 0 Å². The van der Waals surface area contributed by atoms with Crippen molar-refractivity contribution in [3.63, 3.8) is 0 Å². The predicted octanol–water partition coefficient (Wildman–Crippen LogP) is 0.366. The second kappa shape index (κ2) is 24.8. The van der Waals surface area contributed by atoms with E-state index in [2.05, 4.69) is 31.6 Å². The Balaban J connectivity index is 2.31. The maximum Gasteiger partial charge on any atom is 0.243 e. The molecule has 0 aromatic rings. The van der Waals surface area contributed by atoms with Crippen LogP contribution < -0.4 is 49.5 Å². The van der Waals surface area contributed by atoms with Crippen LogP contribution in [0.5, 0.6) is 0 Å². The van der Waals surface area contributed by atoms with E-state index in [4.69, 9.17) is 22.9 Å². The quantitative estimate of drug-likeness (QED) is 0.0372. The number of hydrogen-bond donors (Lipinski definition) is 9. The summed E-state index contributed by atoms with van der Waals surface area (Å²) >= 11 is 0. The number of nitrogens with zero attached hydrogens (tertiary/aromatic N) is 1. The molecule has 0 saturated heterocycles. The Labute approximate surface area is 319 Å². The molecule has 2 saturated carbocycles. The third kappa shape index (κ3) is 18.1. The average molecular weight is 763 g/mol. The minimum atomic E-state index is -1.16. The number of nitrogens with two attached hydrogens (primary N) is 4. The zero-order valence-electron chi connectivity index (χ0n) is 32.3. The van der Waals surface area contributed by atoms with Crippen LogP contribution in [0.1, 0.15) is 136 Å². The van der Waals surface area contributed by atoms with E-state index < -0.39 is 71.6 Å². The standard InChI is InChI=1S/C37H66N10O7/c1-3-4-16-28(34(52)47-29(21-24-12-7-5-8-13-24)35(53)44-26(32(39)50)18-19-31(38)49)45-36(54)30(22-25-14-9-6-10-15-25)46-33(51)27(43-23(2)48)17-11-20-42-37(40)41/h24-30H,3-22H2,1-2H3,(H2,38,49)(H2,39,50)(H,43,48)(H,44,53)(H,45,54)(H,46,51)(H,47,52)(H4,40,41,42). The number of guanidine groups is 1. The molecule has 0 aromatic carbocycles. The first-order valence-corrected chi connectivity index (χ1v) is 19.8. The highest BCUT2D eigenvalue weighted by atomic mass is 16.2. The molecule has 0 heterocycles. The van der Waals surface area contributed by atoms with Gasteiger partial charge < -0.3 is 49.5 Å². The number of hydrogen-bond acceptors (Lipinski definition) is 8. The van der Waals surface area contributed by atoms with Crippen LogP contribution in [0.2, 0.25) is 0 Å². The number of unbranched alkanes of at least 4 members (excludes halogenated alkanes) is 1. The highest BCUT2D eigenvalue weighted by molar-refractivity contribution is 5.96.